The molecule has 0 aliphatic carbocycles. The zero-order chi connectivity index (χ0) is 14.7. The molecule has 1 atom stereocenters. The number of hydrogen-bond acceptors (Lipinski definition) is 2. The van der Waals surface area contributed by atoms with Gasteiger partial charge in [0.2, 0.25) is 0 Å². The van der Waals surface area contributed by atoms with Crippen molar-refractivity contribution in [2.24, 2.45) is 11.8 Å². The molecular weight excluding hydrogens is 258 g/mol. The third-order valence-corrected chi connectivity index (χ3v) is 4.63. The summed E-state index contributed by atoms with van der Waals surface area (Å²) in [6, 6.07) is 21.7. The molecule has 1 unspecified atom stereocenters. The first-order valence-corrected chi connectivity index (χ1v) is 7.74. The van der Waals surface area contributed by atoms with E-state index in [2.05, 4.69) is 72.5 Å². The Morgan fingerprint density at radius 1 is 0.952 bits per heavy atom. The van der Waals surface area contributed by atoms with Crippen LogP contribution in [-0.2, 0) is 0 Å². The van der Waals surface area contributed by atoms with Crippen LogP contribution in [0.25, 0.3) is 0 Å². The Morgan fingerprint density at radius 3 is 1.86 bits per heavy atom. The number of rotatable bonds is 5. The molecule has 21 heavy (non-hydrogen) atoms. The van der Waals surface area contributed by atoms with Crippen molar-refractivity contribution in [3.63, 3.8) is 0 Å². The minimum absolute atomic E-state index is 0.292. The number of aliphatic hydroxyl groups is 1. The van der Waals surface area contributed by atoms with Crippen molar-refractivity contribution >= 4 is 0 Å². The Balaban J connectivity index is 1.82. The SMILES string of the molecule is CC(CO)C1CN(C(c2ccccc2)c2ccccc2)C1. The highest BCUT2D eigenvalue weighted by molar-refractivity contribution is 5.32. The van der Waals surface area contributed by atoms with E-state index < -0.39 is 0 Å². The van der Waals surface area contributed by atoms with E-state index in [4.69, 9.17) is 0 Å². The van der Waals surface area contributed by atoms with Crippen LogP contribution in [0.15, 0.2) is 60.7 Å². The summed E-state index contributed by atoms with van der Waals surface area (Å²) in [4.78, 5) is 2.52. The van der Waals surface area contributed by atoms with Gasteiger partial charge in [-0.1, -0.05) is 67.6 Å². The number of hydrogen-bond donors (Lipinski definition) is 1. The third kappa shape index (κ3) is 3.02. The van der Waals surface area contributed by atoms with Crippen LogP contribution in [0.3, 0.4) is 0 Å². The lowest BCUT2D eigenvalue weighted by atomic mass is 9.84. The Morgan fingerprint density at radius 2 is 1.43 bits per heavy atom. The molecule has 0 spiro atoms. The van der Waals surface area contributed by atoms with Crippen molar-refractivity contribution in [1.29, 1.82) is 0 Å². The predicted octanol–water partition coefficient (Wildman–Crippen LogP) is 3.34. The van der Waals surface area contributed by atoms with Crippen LogP contribution in [0.2, 0.25) is 0 Å². The second kappa shape index (κ2) is 6.42. The van der Waals surface area contributed by atoms with Gasteiger partial charge in [0, 0.05) is 19.7 Å². The fourth-order valence-electron chi connectivity index (χ4n) is 3.15. The largest absolute Gasteiger partial charge is 0.396 e. The fourth-order valence-corrected chi connectivity index (χ4v) is 3.15. The van der Waals surface area contributed by atoms with Crippen molar-refractivity contribution in [3.8, 4) is 0 Å². The third-order valence-electron chi connectivity index (χ3n) is 4.63. The molecule has 1 heterocycles. The number of likely N-dealkylation sites (tertiary alicyclic amines) is 1. The first-order valence-electron chi connectivity index (χ1n) is 7.74. The Hall–Kier alpha value is -1.64. The van der Waals surface area contributed by atoms with Crippen molar-refractivity contribution < 1.29 is 5.11 Å². The van der Waals surface area contributed by atoms with E-state index in [1.165, 1.54) is 11.1 Å². The van der Waals surface area contributed by atoms with Crippen molar-refractivity contribution in [1.82, 2.24) is 4.90 Å². The second-order valence-corrected chi connectivity index (χ2v) is 6.10. The van der Waals surface area contributed by atoms with E-state index in [0.717, 1.165) is 13.1 Å². The van der Waals surface area contributed by atoms with Gasteiger partial charge in [-0.3, -0.25) is 4.90 Å². The van der Waals surface area contributed by atoms with E-state index in [0.29, 0.717) is 24.5 Å². The molecule has 3 rings (SSSR count). The molecule has 1 fully saturated rings. The second-order valence-electron chi connectivity index (χ2n) is 6.10. The Bertz CT molecular complexity index is 509. The smallest absolute Gasteiger partial charge is 0.0602 e. The van der Waals surface area contributed by atoms with Crippen LogP contribution >= 0.6 is 0 Å². The summed E-state index contributed by atoms with van der Waals surface area (Å²) in [5.41, 5.74) is 2.69. The lowest BCUT2D eigenvalue weighted by Gasteiger charge is -2.47. The molecule has 0 bridgehead atoms. The van der Waals surface area contributed by atoms with Gasteiger partial charge < -0.3 is 5.11 Å². The molecule has 0 saturated carbocycles. The van der Waals surface area contributed by atoms with E-state index in [1.54, 1.807) is 0 Å². The summed E-state index contributed by atoms with van der Waals surface area (Å²) in [6.45, 7) is 4.56. The van der Waals surface area contributed by atoms with Gasteiger partial charge in [-0.2, -0.15) is 0 Å². The maximum atomic E-state index is 9.31. The number of aliphatic hydroxyl groups excluding tert-OH is 1. The van der Waals surface area contributed by atoms with Crippen LogP contribution < -0.4 is 0 Å². The van der Waals surface area contributed by atoms with Gasteiger partial charge in [0.1, 0.15) is 0 Å². The first-order chi connectivity index (χ1) is 10.3. The van der Waals surface area contributed by atoms with Gasteiger partial charge >= 0.3 is 0 Å². The fraction of sp³-hybridized carbons (Fsp3) is 0.368. The van der Waals surface area contributed by atoms with Crippen molar-refractivity contribution in [3.05, 3.63) is 71.8 Å². The maximum Gasteiger partial charge on any atom is 0.0602 e. The van der Waals surface area contributed by atoms with Crippen LogP contribution in [-0.4, -0.2) is 29.7 Å². The average Bonchev–Trinajstić information content (AvgIpc) is 2.51. The van der Waals surface area contributed by atoms with Crippen LogP contribution in [0.5, 0.6) is 0 Å². The van der Waals surface area contributed by atoms with Gasteiger partial charge in [-0.15, -0.1) is 0 Å². The van der Waals surface area contributed by atoms with E-state index in [-0.39, 0.29) is 0 Å². The summed E-state index contributed by atoms with van der Waals surface area (Å²) < 4.78 is 0. The highest BCUT2D eigenvalue weighted by Crippen LogP contribution is 2.36. The highest BCUT2D eigenvalue weighted by Gasteiger charge is 2.36. The molecule has 2 aromatic carbocycles. The summed E-state index contributed by atoms with van der Waals surface area (Å²) in [6.07, 6.45) is 0. The zero-order valence-corrected chi connectivity index (χ0v) is 12.5. The van der Waals surface area contributed by atoms with E-state index >= 15 is 0 Å². The Kier molecular flexibility index (Phi) is 4.37. The molecule has 2 nitrogen and oxygen atoms in total. The molecule has 1 aliphatic heterocycles. The number of benzene rings is 2. The lowest BCUT2D eigenvalue weighted by Crippen LogP contribution is -2.51. The average molecular weight is 281 g/mol. The normalized spacial score (nSPS) is 17.7. The van der Waals surface area contributed by atoms with Crippen molar-refractivity contribution in [2.45, 2.75) is 13.0 Å². The lowest BCUT2D eigenvalue weighted by molar-refractivity contribution is 0.0185. The van der Waals surface area contributed by atoms with Crippen LogP contribution in [0.1, 0.15) is 24.1 Å². The molecule has 1 aliphatic rings. The minimum Gasteiger partial charge on any atom is -0.396 e. The molecule has 1 N–H and O–H groups in total. The van der Waals surface area contributed by atoms with Gasteiger partial charge in [0.05, 0.1) is 6.04 Å². The van der Waals surface area contributed by atoms with Crippen molar-refractivity contribution in [2.75, 3.05) is 19.7 Å². The predicted molar refractivity (Wildman–Crippen MR) is 86.0 cm³/mol. The number of nitrogens with zero attached hydrogens (tertiary/aromatic N) is 1. The van der Waals surface area contributed by atoms with Gasteiger partial charge in [0.15, 0.2) is 0 Å². The maximum absolute atomic E-state index is 9.31. The highest BCUT2D eigenvalue weighted by atomic mass is 16.3. The Labute approximate surface area is 127 Å². The monoisotopic (exact) mass is 281 g/mol. The molecule has 110 valence electrons. The topological polar surface area (TPSA) is 23.5 Å². The molecule has 0 aromatic heterocycles. The molecule has 2 heteroatoms. The standard InChI is InChI=1S/C19H23NO/c1-15(14-21)18-12-20(13-18)19(16-8-4-2-5-9-16)17-10-6-3-7-11-17/h2-11,15,18-19,21H,12-14H2,1H3. The van der Waals surface area contributed by atoms with E-state index in [1.807, 2.05) is 0 Å². The summed E-state index contributed by atoms with van der Waals surface area (Å²) >= 11 is 0. The first kappa shape index (κ1) is 14.3. The quantitative estimate of drug-likeness (QED) is 0.908. The summed E-state index contributed by atoms with van der Waals surface area (Å²) in [5.74, 6) is 1.01. The molecule has 0 amide bonds. The molecule has 0 radical (unpaired) electrons. The van der Waals surface area contributed by atoms with Gasteiger partial charge in [-0.25, -0.2) is 0 Å². The van der Waals surface area contributed by atoms with Gasteiger partial charge in [-0.05, 0) is 23.0 Å². The molecular formula is C19H23NO. The van der Waals surface area contributed by atoms with Crippen LogP contribution in [0, 0.1) is 11.8 Å². The zero-order valence-electron chi connectivity index (χ0n) is 12.5. The summed E-state index contributed by atoms with van der Waals surface area (Å²) in [5, 5.41) is 9.31. The summed E-state index contributed by atoms with van der Waals surface area (Å²) in [7, 11) is 0. The molecule has 2 aromatic rings. The van der Waals surface area contributed by atoms with Gasteiger partial charge in [0.25, 0.3) is 0 Å². The minimum atomic E-state index is 0.292. The molecule has 1 saturated heterocycles. The van der Waals surface area contributed by atoms with Crippen LogP contribution in [0.4, 0.5) is 0 Å². The van der Waals surface area contributed by atoms with E-state index in [9.17, 15) is 5.11 Å².